The van der Waals surface area contributed by atoms with Crippen molar-refractivity contribution >= 4 is 11.6 Å². The number of aryl methyl sites for hydroxylation is 2. The van der Waals surface area contributed by atoms with Crippen LogP contribution in [0, 0.1) is 19.8 Å². The summed E-state index contributed by atoms with van der Waals surface area (Å²) in [6.07, 6.45) is 2.39. The van der Waals surface area contributed by atoms with Gasteiger partial charge in [-0.15, -0.1) is 0 Å². The Kier molecular flexibility index (Phi) is 4.99. The summed E-state index contributed by atoms with van der Waals surface area (Å²) in [7, 11) is 0. The Balaban J connectivity index is 2.06. The van der Waals surface area contributed by atoms with Gasteiger partial charge in [0.25, 0.3) is 0 Å². The van der Waals surface area contributed by atoms with E-state index in [1.54, 1.807) is 6.92 Å². The van der Waals surface area contributed by atoms with Crippen LogP contribution in [0.2, 0.25) is 0 Å². The van der Waals surface area contributed by atoms with E-state index >= 15 is 0 Å². The quantitative estimate of drug-likeness (QED) is 0.740. The SMILES string of the molecule is CC(=O)Nc1ccc2c(c1)[C@@H](C(C)C)CC[C@H]2c1ccc(C)c(C)c1. The summed E-state index contributed by atoms with van der Waals surface area (Å²) in [4.78, 5) is 11.4. The molecule has 0 unspecified atom stereocenters. The summed E-state index contributed by atoms with van der Waals surface area (Å²) in [5.74, 6) is 1.61. The zero-order valence-corrected chi connectivity index (χ0v) is 16.0. The van der Waals surface area contributed by atoms with Crippen LogP contribution in [0.3, 0.4) is 0 Å². The number of carbonyl (C=O) groups excluding carboxylic acids is 1. The summed E-state index contributed by atoms with van der Waals surface area (Å²) in [5, 5.41) is 2.95. The van der Waals surface area contributed by atoms with Crippen LogP contribution in [0.5, 0.6) is 0 Å². The molecule has 0 spiro atoms. The summed E-state index contributed by atoms with van der Waals surface area (Å²) in [5.41, 5.74) is 7.88. The Morgan fingerprint density at radius 1 is 1.00 bits per heavy atom. The van der Waals surface area contributed by atoms with Gasteiger partial charge in [0.15, 0.2) is 0 Å². The first-order chi connectivity index (χ1) is 11.9. The van der Waals surface area contributed by atoms with Gasteiger partial charge < -0.3 is 5.32 Å². The van der Waals surface area contributed by atoms with E-state index in [1.165, 1.54) is 40.7 Å². The Bertz CT molecular complexity index is 791. The molecule has 25 heavy (non-hydrogen) atoms. The normalized spacial score (nSPS) is 19.6. The molecule has 1 N–H and O–H groups in total. The van der Waals surface area contributed by atoms with E-state index in [0.717, 1.165) is 5.69 Å². The zero-order valence-electron chi connectivity index (χ0n) is 16.0. The molecule has 0 saturated heterocycles. The lowest BCUT2D eigenvalue weighted by atomic mass is 9.70. The van der Waals surface area contributed by atoms with Gasteiger partial charge in [-0.05, 0) is 78.5 Å². The van der Waals surface area contributed by atoms with Crippen LogP contribution >= 0.6 is 0 Å². The third-order valence-electron chi connectivity index (χ3n) is 5.69. The number of hydrogen-bond acceptors (Lipinski definition) is 1. The highest BCUT2D eigenvalue weighted by Gasteiger charge is 2.30. The monoisotopic (exact) mass is 335 g/mol. The Morgan fingerprint density at radius 3 is 2.40 bits per heavy atom. The fourth-order valence-electron chi connectivity index (χ4n) is 4.17. The lowest BCUT2D eigenvalue weighted by molar-refractivity contribution is -0.114. The van der Waals surface area contributed by atoms with E-state index in [9.17, 15) is 4.79 Å². The molecule has 0 aliphatic heterocycles. The minimum absolute atomic E-state index is 0.0115. The molecule has 1 aliphatic carbocycles. The van der Waals surface area contributed by atoms with Crippen molar-refractivity contribution in [2.75, 3.05) is 5.32 Å². The van der Waals surface area contributed by atoms with Crippen LogP contribution in [0.1, 0.15) is 73.3 Å². The third-order valence-corrected chi connectivity index (χ3v) is 5.69. The van der Waals surface area contributed by atoms with E-state index in [1.807, 2.05) is 0 Å². The standard InChI is InChI=1S/C23H29NO/c1-14(2)20-10-11-21(18-7-6-15(3)16(4)12-18)22-9-8-19(13-23(20)22)24-17(5)25/h6-9,12-14,20-21H,10-11H2,1-5H3,(H,24,25)/t20-,21+/m1/s1. The van der Waals surface area contributed by atoms with Gasteiger partial charge in [0.2, 0.25) is 5.91 Å². The van der Waals surface area contributed by atoms with Crippen LogP contribution in [0.4, 0.5) is 5.69 Å². The van der Waals surface area contributed by atoms with Gasteiger partial charge in [-0.3, -0.25) is 4.79 Å². The molecule has 2 atom stereocenters. The van der Waals surface area contributed by atoms with Gasteiger partial charge in [0.05, 0.1) is 0 Å². The first-order valence-corrected chi connectivity index (χ1v) is 9.35. The predicted octanol–water partition coefficient (Wildman–Crippen LogP) is 5.93. The molecule has 2 aromatic rings. The zero-order chi connectivity index (χ0) is 18.1. The Labute approximate surface area is 151 Å². The second-order valence-electron chi connectivity index (χ2n) is 7.85. The minimum atomic E-state index is -0.0115. The van der Waals surface area contributed by atoms with Crippen molar-refractivity contribution < 1.29 is 4.79 Å². The van der Waals surface area contributed by atoms with E-state index in [0.29, 0.717) is 17.8 Å². The number of anilines is 1. The van der Waals surface area contributed by atoms with Crippen molar-refractivity contribution in [3.8, 4) is 0 Å². The molecule has 2 nitrogen and oxygen atoms in total. The van der Waals surface area contributed by atoms with Crippen molar-refractivity contribution in [2.45, 2.75) is 59.3 Å². The van der Waals surface area contributed by atoms with E-state index < -0.39 is 0 Å². The van der Waals surface area contributed by atoms with E-state index in [-0.39, 0.29) is 5.91 Å². The lowest BCUT2D eigenvalue weighted by Gasteiger charge is -2.34. The third kappa shape index (κ3) is 3.63. The molecular weight excluding hydrogens is 306 g/mol. The number of carbonyl (C=O) groups is 1. The molecular formula is C23H29NO. The topological polar surface area (TPSA) is 29.1 Å². The van der Waals surface area contributed by atoms with Gasteiger partial charge in [0, 0.05) is 18.5 Å². The highest BCUT2D eigenvalue weighted by molar-refractivity contribution is 5.88. The fourth-order valence-corrected chi connectivity index (χ4v) is 4.17. The summed E-state index contributed by atoms with van der Waals surface area (Å²) in [6.45, 7) is 10.5. The van der Waals surface area contributed by atoms with Crippen molar-refractivity contribution in [1.29, 1.82) is 0 Å². The lowest BCUT2D eigenvalue weighted by Crippen LogP contribution is -2.20. The molecule has 0 saturated carbocycles. The van der Waals surface area contributed by atoms with E-state index in [4.69, 9.17) is 0 Å². The Hall–Kier alpha value is -2.09. The van der Waals surface area contributed by atoms with E-state index in [2.05, 4.69) is 69.4 Å². The molecule has 3 rings (SSSR count). The first kappa shape index (κ1) is 17.7. The maximum absolute atomic E-state index is 11.4. The van der Waals surface area contributed by atoms with Crippen molar-refractivity contribution in [1.82, 2.24) is 0 Å². The highest BCUT2D eigenvalue weighted by Crippen LogP contribution is 2.46. The summed E-state index contributed by atoms with van der Waals surface area (Å²) in [6, 6.07) is 13.4. The van der Waals surface area contributed by atoms with Gasteiger partial charge in [-0.25, -0.2) is 0 Å². The second-order valence-corrected chi connectivity index (χ2v) is 7.85. The fraction of sp³-hybridized carbons (Fsp3) is 0.435. The predicted molar refractivity (Wildman–Crippen MR) is 105 cm³/mol. The second kappa shape index (κ2) is 7.03. The van der Waals surface area contributed by atoms with Gasteiger partial charge in [-0.2, -0.15) is 0 Å². The number of fused-ring (bicyclic) bond motifs is 1. The van der Waals surface area contributed by atoms with Gasteiger partial charge >= 0.3 is 0 Å². The first-order valence-electron chi connectivity index (χ1n) is 9.35. The average molecular weight is 335 g/mol. The molecule has 132 valence electrons. The molecule has 1 amide bonds. The van der Waals surface area contributed by atoms with Crippen LogP contribution in [-0.4, -0.2) is 5.91 Å². The molecule has 1 aliphatic rings. The number of amides is 1. The number of nitrogens with one attached hydrogen (secondary N) is 1. The van der Waals surface area contributed by atoms with Crippen LogP contribution in [-0.2, 0) is 4.79 Å². The maximum Gasteiger partial charge on any atom is 0.221 e. The number of rotatable bonds is 3. The summed E-state index contributed by atoms with van der Waals surface area (Å²) >= 11 is 0. The number of benzene rings is 2. The number of hydrogen-bond donors (Lipinski definition) is 1. The van der Waals surface area contributed by atoms with Crippen LogP contribution in [0.15, 0.2) is 36.4 Å². The van der Waals surface area contributed by atoms with Crippen LogP contribution in [0.25, 0.3) is 0 Å². The Morgan fingerprint density at radius 2 is 1.76 bits per heavy atom. The van der Waals surface area contributed by atoms with Gasteiger partial charge in [0.1, 0.15) is 0 Å². The molecule has 0 radical (unpaired) electrons. The van der Waals surface area contributed by atoms with Crippen molar-refractivity contribution in [3.05, 3.63) is 64.2 Å². The molecule has 0 heterocycles. The molecule has 0 fully saturated rings. The molecule has 0 aromatic heterocycles. The molecule has 0 bridgehead atoms. The maximum atomic E-state index is 11.4. The average Bonchev–Trinajstić information content (AvgIpc) is 2.55. The van der Waals surface area contributed by atoms with Gasteiger partial charge in [-0.1, -0.05) is 38.1 Å². The summed E-state index contributed by atoms with van der Waals surface area (Å²) < 4.78 is 0. The van der Waals surface area contributed by atoms with Crippen molar-refractivity contribution in [3.63, 3.8) is 0 Å². The largest absolute Gasteiger partial charge is 0.326 e. The molecule has 2 heteroatoms. The minimum Gasteiger partial charge on any atom is -0.326 e. The van der Waals surface area contributed by atoms with Crippen LogP contribution < -0.4 is 5.32 Å². The van der Waals surface area contributed by atoms with Crippen molar-refractivity contribution in [2.24, 2.45) is 5.92 Å². The smallest absolute Gasteiger partial charge is 0.221 e. The highest BCUT2D eigenvalue weighted by atomic mass is 16.1. The molecule has 2 aromatic carbocycles.